The monoisotopic (exact) mass is 144 g/mol. The third-order valence-corrected chi connectivity index (χ3v) is 0. The Bertz CT molecular complexity index is 31.5. The summed E-state index contributed by atoms with van der Waals surface area (Å²) < 4.78 is 0. The van der Waals surface area contributed by atoms with Crippen LogP contribution in [0.1, 0.15) is 1.43 Å². The summed E-state index contributed by atoms with van der Waals surface area (Å²) in [5.74, 6) is 0. The van der Waals surface area contributed by atoms with E-state index in [1.807, 2.05) is 0 Å². The van der Waals surface area contributed by atoms with Crippen molar-refractivity contribution in [2.24, 2.45) is 0 Å². The second-order valence-corrected chi connectivity index (χ2v) is 1.57. The molecule has 0 aromatic rings. The fourth-order valence-corrected chi connectivity index (χ4v) is 0. The van der Waals surface area contributed by atoms with Crippen LogP contribution in [0.15, 0.2) is 0 Å². The zero-order valence-corrected chi connectivity index (χ0v) is 7.90. The first-order valence-corrected chi connectivity index (χ1v) is 2.51. The summed E-state index contributed by atoms with van der Waals surface area (Å²) in [6.07, 6.45) is 0. The summed E-state index contributed by atoms with van der Waals surface area (Å²) in [6.45, 7) is 0. The van der Waals surface area contributed by atoms with Crippen LogP contribution in [0, 0.1) is 0 Å². The summed E-state index contributed by atoms with van der Waals surface area (Å²) in [4.78, 5) is 33.1. The van der Waals surface area contributed by atoms with Gasteiger partial charge in [0.15, 0.2) is 0 Å². The van der Waals surface area contributed by atoms with Gasteiger partial charge in [0.25, 0.3) is 0 Å². The Hall–Kier alpha value is 1.59. The van der Waals surface area contributed by atoms with Gasteiger partial charge in [0.05, 0.1) is 0 Å². The Kier molecular flexibility index (Phi) is 12.9. The van der Waals surface area contributed by atoms with Crippen LogP contribution in [-0.2, 0) is 0 Å². The molecule has 7 heavy (non-hydrogen) atoms. The standard InChI is InChI=1S/Al.Na.HO4Si.H/c;;1-5(2,3)4;/h;;1H;/q+3;+1;-3;-1. The van der Waals surface area contributed by atoms with Gasteiger partial charge < -0.3 is 20.6 Å². The number of hydrogen-bond acceptors (Lipinski definition) is 4. The van der Waals surface area contributed by atoms with E-state index in [0.29, 0.717) is 0 Å². The summed E-state index contributed by atoms with van der Waals surface area (Å²) in [7, 11) is -5.36. The third-order valence-electron chi connectivity index (χ3n) is 0. The van der Waals surface area contributed by atoms with Gasteiger partial charge in [0.1, 0.15) is 0 Å². The quantitative estimate of drug-likeness (QED) is 0.342. The first-order valence-electron chi connectivity index (χ1n) is 0.836. The maximum Gasteiger partial charge on any atom is 3.00 e. The maximum atomic E-state index is 8.69. The minimum atomic E-state index is -5.36. The second-order valence-electron chi connectivity index (χ2n) is 0.524. The van der Waals surface area contributed by atoms with E-state index in [2.05, 4.69) is 0 Å². The number of hydrogen-bond donors (Lipinski definition) is 1. The van der Waals surface area contributed by atoms with Crippen molar-refractivity contribution in [3.8, 4) is 0 Å². The Morgan fingerprint density at radius 1 is 1.29 bits per heavy atom. The largest absolute Gasteiger partial charge is 3.00 e. The molecule has 0 amide bonds. The Balaban J connectivity index is -0.0000000267. The molecule has 0 radical (unpaired) electrons. The van der Waals surface area contributed by atoms with Gasteiger partial charge >= 0.3 is 46.9 Å². The molecule has 0 rings (SSSR count). The van der Waals surface area contributed by atoms with Gasteiger partial charge in [0, 0.05) is 0 Å². The molecule has 0 aromatic carbocycles. The van der Waals surface area contributed by atoms with Crippen molar-refractivity contribution >= 4 is 26.4 Å². The molecule has 0 saturated heterocycles. The normalized spacial score (nSPS) is 8.57. The average molecular weight is 144 g/mol. The van der Waals surface area contributed by atoms with Gasteiger partial charge in [-0.2, -0.15) is 0 Å². The Morgan fingerprint density at radius 3 is 1.29 bits per heavy atom. The fraction of sp³-hybridized carbons (Fsp3) is 0. The molecule has 0 aliphatic heterocycles. The number of rotatable bonds is 0. The molecule has 0 atom stereocenters. The molecule has 0 spiro atoms. The first kappa shape index (κ1) is 15.8. The summed E-state index contributed by atoms with van der Waals surface area (Å²) in [5, 5.41) is 0. The SMILES string of the molecule is [Al+3].[H-].[Na+].[O-][Si]([O-])([O-])O. The van der Waals surface area contributed by atoms with Crippen LogP contribution in [-0.4, -0.2) is 31.2 Å². The molecular formula is H2AlNaO4Si. The second kappa shape index (κ2) is 5.72. The molecule has 0 unspecified atom stereocenters. The van der Waals surface area contributed by atoms with Crippen molar-refractivity contribution in [3.05, 3.63) is 0 Å². The minimum absolute atomic E-state index is 0. The van der Waals surface area contributed by atoms with Crippen LogP contribution in [0.4, 0.5) is 0 Å². The molecule has 0 heterocycles. The Morgan fingerprint density at radius 2 is 1.29 bits per heavy atom. The molecule has 0 saturated carbocycles. The van der Waals surface area contributed by atoms with Gasteiger partial charge in [-0.1, -0.05) is 0 Å². The van der Waals surface area contributed by atoms with E-state index in [1.165, 1.54) is 0 Å². The van der Waals surface area contributed by atoms with Gasteiger partial charge in [-0.15, -0.1) is 9.05 Å². The van der Waals surface area contributed by atoms with E-state index in [0.717, 1.165) is 0 Å². The maximum absolute atomic E-state index is 8.69. The smallest absolute Gasteiger partial charge is 1.00 e. The van der Waals surface area contributed by atoms with Crippen molar-refractivity contribution in [2.45, 2.75) is 0 Å². The van der Waals surface area contributed by atoms with E-state index < -0.39 is 9.05 Å². The Labute approximate surface area is 76.2 Å². The predicted octanol–water partition coefficient (Wildman–Crippen LogP) is -7.77. The molecule has 0 fully saturated rings. The molecule has 0 aliphatic carbocycles. The molecule has 1 N–H and O–H groups in total. The fourth-order valence-electron chi connectivity index (χ4n) is 0. The average Bonchev–Trinajstić information content (AvgIpc) is 0.722. The van der Waals surface area contributed by atoms with Gasteiger partial charge in [0.2, 0.25) is 0 Å². The van der Waals surface area contributed by atoms with E-state index in [1.54, 1.807) is 0 Å². The summed E-state index contributed by atoms with van der Waals surface area (Å²) >= 11 is 0. The predicted molar refractivity (Wildman–Crippen MR) is 14.8 cm³/mol. The summed E-state index contributed by atoms with van der Waals surface area (Å²) in [6, 6.07) is 0. The topological polar surface area (TPSA) is 89.4 Å². The van der Waals surface area contributed by atoms with E-state index >= 15 is 0 Å². The van der Waals surface area contributed by atoms with Gasteiger partial charge in [-0.25, -0.2) is 0 Å². The molecule has 0 aliphatic rings. The van der Waals surface area contributed by atoms with Crippen LogP contribution in [0.2, 0.25) is 0 Å². The van der Waals surface area contributed by atoms with Crippen molar-refractivity contribution < 1.29 is 50.2 Å². The van der Waals surface area contributed by atoms with E-state index in [9.17, 15) is 0 Å². The van der Waals surface area contributed by atoms with Crippen molar-refractivity contribution in [1.29, 1.82) is 0 Å². The summed E-state index contributed by atoms with van der Waals surface area (Å²) in [5.41, 5.74) is 0. The molecule has 4 nitrogen and oxygen atoms in total. The van der Waals surface area contributed by atoms with Crippen LogP contribution in [0.3, 0.4) is 0 Å². The van der Waals surface area contributed by atoms with E-state index in [-0.39, 0.29) is 48.3 Å². The van der Waals surface area contributed by atoms with Crippen molar-refractivity contribution in [2.75, 3.05) is 0 Å². The van der Waals surface area contributed by atoms with Crippen molar-refractivity contribution in [3.63, 3.8) is 0 Å². The van der Waals surface area contributed by atoms with Crippen LogP contribution < -0.4 is 43.9 Å². The molecular weight excluding hydrogens is 142 g/mol. The zero-order chi connectivity index (χ0) is 4.50. The van der Waals surface area contributed by atoms with Crippen LogP contribution in [0.5, 0.6) is 0 Å². The zero-order valence-electron chi connectivity index (χ0n) is 4.75. The molecule has 0 aromatic heterocycles. The van der Waals surface area contributed by atoms with Crippen molar-refractivity contribution in [1.82, 2.24) is 0 Å². The third kappa shape index (κ3) is 93.9. The van der Waals surface area contributed by atoms with E-state index in [4.69, 9.17) is 19.2 Å². The van der Waals surface area contributed by atoms with Crippen LogP contribution >= 0.6 is 0 Å². The molecule has 0 bridgehead atoms. The molecule has 34 valence electrons. The first-order chi connectivity index (χ1) is 2.00. The minimum Gasteiger partial charge on any atom is -1.00 e. The van der Waals surface area contributed by atoms with Gasteiger partial charge in [-0.05, 0) is 0 Å². The van der Waals surface area contributed by atoms with Gasteiger partial charge in [-0.3, -0.25) is 0 Å². The van der Waals surface area contributed by atoms with Crippen LogP contribution in [0.25, 0.3) is 0 Å². The molecule has 7 heteroatoms.